The maximum absolute atomic E-state index is 12.9. The molecule has 1 aromatic carbocycles. The molecule has 0 saturated heterocycles. The Bertz CT molecular complexity index is 662. The van der Waals surface area contributed by atoms with Crippen molar-refractivity contribution in [2.45, 2.75) is 31.2 Å². The minimum Gasteiger partial charge on any atom is -0.394 e. The average molecular weight is 304 g/mol. The highest BCUT2D eigenvalue weighted by Crippen LogP contribution is 2.29. The van der Waals surface area contributed by atoms with Crippen LogP contribution in [0.3, 0.4) is 0 Å². The lowest BCUT2D eigenvalue weighted by atomic mass is 9.99. The fraction of sp³-hybridized carbons (Fsp3) is 0.400. The Morgan fingerprint density at radius 3 is 2.64 bits per heavy atom. The molecular weight excluding hydrogens is 287 g/mol. The van der Waals surface area contributed by atoms with Crippen molar-refractivity contribution in [1.82, 2.24) is 20.3 Å². The van der Waals surface area contributed by atoms with Crippen LogP contribution in [0.5, 0.6) is 0 Å². The first-order chi connectivity index (χ1) is 10.6. The van der Waals surface area contributed by atoms with Crippen LogP contribution in [-0.2, 0) is 0 Å². The van der Waals surface area contributed by atoms with Crippen LogP contribution >= 0.6 is 0 Å². The van der Waals surface area contributed by atoms with Gasteiger partial charge in [-0.2, -0.15) is 9.90 Å². The molecule has 1 heterocycles. The Hall–Kier alpha value is -2.28. The minimum absolute atomic E-state index is 0.0785. The van der Waals surface area contributed by atoms with Gasteiger partial charge in [-0.25, -0.2) is 4.39 Å². The molecule has 1 aliphatic carbocycles. The van der Waals surface area contributed by atoms with Crippen molar-refractivity contribution in [3.05, 3.63) is 42.0 Å². The summed E-state index contributed by atoms with van der Waals surface area (Å²) in [5.41, 5.74) is 0.193. The summed E-state index contributed by atoms with van der Waals surface area (Å²) in [6, 6.07) is 5.67. The highest BCUT2D eigenvalue weighted by atomic mass is 19.1. The van der Waals surface area contributed by atoms with Crippen LogP contribution < -0.4 is 5.32 Å². The number of nitrogens with zero attached hydrogens (tertiary/aromatic N) is 3. The van der Waals surface area contributed by atoms with E-state index >= 15 is 0 Å². The van der Waals surface area contributed by atoms with Gasteiger partial charge in [-0.05, 0) is 37.1 Å². The Kier molecular flexibility index (Phi) is 3.89. The topological polar surface area (TPSA) is 80.0 Å². The Morgan fingerprint density at radius 1 is 1.32 bits per heavy atom. The SMILES string of the molecule is O=C(NC1(CO)CCCC1)c1cnn(-c2ccc(F)cc2)n1. The van der Waals surface area contributed by atoms with Gasteiger partial charge in [0.05, 0.1) is 24.0 Å². The zero-order valence-corrected chi connectivity index (χ0v) is 12.0. The van der Waals surface area contributed by atoms with Gasteiger partial charge in [0.15, 0.2) is 5.69 Å². The van der Waals surface area contributed by atoms with Crippen LogP contribution in [0.4, 0.5) is 4.39 Å². The molecule has 1 amide bonds. The second kappa shape index (κ2) is 5.84. The molecule has 0 aliphatic heterocycles. The van der Waals surface area contributed by atoms with E-state index in [4.69, 9.17) is 0 Å². The molecule has 1 aromatic heterocycles. The fourth-order valence-corrected chi connectivity index (χ4v) is 2.75. The van der Waals surface area contributed by atoms with E-state index in [1.165, 1.54) is 35.3 Å². The van der Waals surface area contributed by atoms with Crippen molar-refractivity contribution in [2.75, 3.05) is 6.61 Å². The van der Waals surface area contributed by atoms with Crippen molar-refractivity contribution < 1.29 is 14.3 Å². The number of aliphatic hydroxyl groups is 1. The monoisotopic (exact) mass is 304 g/mol. The van der Waals surface area contributed by atoms with Crippen molar-refractivity contribution in [3.63, 3.8) is 0 Å². The maximum Gasteiger partial charge on any atom is 0.273 e. The summed E-state index contributed by atoms with van der Waals surface area (Å²) in [5, 5.41) is 20.5. The van der Waals surface area contributed by atoms with Crippen LogP contribution in [0.25, 0.3) is 5.69 Å². The molecule has 0 spiro atoms. The summed E-state index contributed by atoms with van der Waals surface area (Å²) in [6.45, 7) is -0.0785. The molecule has 0 atom stereocenters. The first-order valence-corrected chi connectivity index (χ1v) is 7.24. The molecule has 1 saturated carbocycles. The second-order valence-electron chi connectivity index (χ2n) is 5.60. The van der Waals surface area contributed by atoms with Crippen LogP contribution in [0.1, 0.15) is 36.2 Å². The zero-order valence-electron chi connectivity index (χ0n) is 12.0. The van der Waals surface area contributed by atoms with Gasteiger partial charge in [0.1, 0.15) is 5.82 Å². The maximum atomic E-state index is 12.9. The zero-order chi connectivity index (χ0) is 15.6. The standard InChI is InChI=1S/C15H17FN4O2/c16-11-3-5-12(6-4-11)20-17-9-13(19-20)14(22)18-15(10-21)7-1-2-8-15/h3-6,9,21H,1-2,7-8,10H2,(H,18,22). The van der Waals surface area contributed by atoms with Gasteiger partial charge < -0.3 is 10.4 Å². The summed E-state index contributed by atoms with van der Waals surface area (Å²) < 4.78 is 12.9. The summed E-state index contributed by atoms with van der Waals surface area (Å²) >= 11 is 0. The fourth-order valence-electron chi connectivity index (χ4n) is 2.75. The number of hydrogen-bond acceptors (Lipinski definition) is 4. The van der Waals surface area contributed by atoms with Crippen LogP contribution in [0, 0.1) is 5.82 Å². The first-order valence-electron chi connectivity index (χ1n) is 7.24. The van der Waals surface area contributed by atoms with Crippen molar-refractivity contribution >= 4 is 5.91 Å². The number of carbonyl (C=O) groups is 1. The molecule has 1 fully saturated rings. The lowest BCUT2D eigenvalue weighted by Gasteiger charge is -2.27. The molecule has 2 aromatic rings. The van der Waals surface area contributed by atoms with Crippen LogP contribution in [0.15, 0.2) is 30.5 Å². The third-order valence-corrected chi connectivity index (χ3v) is 4.02. The molecule has 7 heteroatoms. The summed E-state index contributed by atoms with van der Waals surface area (Å²) in [5.74, 6) is -0.704. The number of aromatic nitrogens is 3. The number of carbonyl (C=O) groups excluding carboxylic acids is 1. The smallest absolute Gasteiger partial charge is 0.273 e. The predicted octanol–water partition coefficient (Wildman–Crippen LogP) is 1.44. The Morgan fingerprint density at radius 2 is 2.00 bits per heavy atom. The van der Waals surface area contributed by atoms with Crippen LogP contribution in [0.2, 0.25) is 0 Å². The van der Waals surface area contributed by atoms with E-state index in [1.807, 2.05) is 0 Å². The first kappa shape index (κ1) is 14.6. The lowest BCUT2D eigenvalue weighted by molar-refractivity contribution is 0.0833. The predicted molar refractivity (Wildman–Crippen MR) is 77.1 cm³/mol. The number of benzene rings is 1. The second-order valence-corrected chi connectivity index (χ2v) is 5.60. The van der Waals surface area contributed by atoms with Crippen molar-refractivity contribution in [1.29, 1.82) is 0 Å². The third-order valence-electron chi connectivity index (χ3n) is 4.02. The van der Waals surface area contributed by atoms with Gasteiger partial charge in [0, 0.05) is 0 Å². The molecule has 3 rings (SSSR count). The van der Waals surface area contributed by atoms with Crippen molar-refractivity contribution in [3.8, 4) is 5.69 Å². The minimum atomic E-state index is -0.545. The van der Waals surface area contributed by atoms with E-state index in [9.17, 15) is 14.3 Å². The molecule has 22 heavy (non-hydrogen) atoms. The molecular formula is C15H17FN4O2. The quantitative estimate of drug-likeness (QED) is 0.896. The Labute approximate surface area is 127 Å². The van der Waals surface area contributed by atoms with Crippen LogP contribution in [-0.4, -0.2) is 38.2 Å². The average Bonchev–Trinajstić information content (AvgIpc) is 3.18. The van der Waals surface area contributed by atoms with Gasteiger partial charge in [0.2, 0.25) is 0 Å². The van der Waals surface area contributed by atoms with E-state index in [0.29, 0.717) is 5.69 Å². The number of nitrogens with one attached hydrogen (secondary N) is 1. The lowest BCUT2D eigenvalue weighted by Crippen LogP contribution is -2.49. The summed E-state index contributed by atoms with van der Waals surface area (Å²) in [4.78, 5) is 13.5. The largest absolute Gasteiger partial charge is 0.394 e. The third kappa shape index (κ3) is 2.85. The highest BCUT2D eigenvalue weighted by Gasteiger charge is 2.35. The van der Waals surface area contributed by atoms with Gasteiger partial charge in [-0.3, -0.25) is 4.79 Å². The molecule has 0 bridgehead atoms. The molecule has 6 nitrogen and oxygen atoms in total. The molecule has 116 valence electrons. The van der Waals surface area contributed by atoms with Gasteiger partial charge >= 0.3 is 0 Å². The number of aliphatic hydroxyl groups excluding tert-OH is 1. The van der Waals surface area contributed by atoms with Gasteiger partial charge in [-0.1, -0.05) is 12.8 Å². The summed E-state index contributed by atoms with van der Waals surface area (Å²) in [6.07, 6.45) is 4.87. The normalized spacial score (nSPS) is 16.6. The molecule has 1 aliphatic rings. The van der Waals surface area contributed by atoms with E-state index in [2.05, 4.69) is 15.5 Å². The number of amides is 1. The van der Waals surface area contributed by atoms with Crippen molar-refractivity contribution in [2.24, 2.45) is 0 Å². The van der Waals surface area contributed by atoms with E-state index < -0.39 is 5.54 Å². The Balaban J connectivity index is 1.75. The van der Waals surface area contributed by atoms with Gasteiger partial charge in [-0.15, -0.1) is 5.10 Å². The number of halogens is 1. The molecule has 0 radical (unpaired) electrons. The van der Waals surface area contributed by atoms with E-state index in [1.54, 1.807) is 0 Å². The summed E-state index contributed by atoms with van der Waals surface area (Å²) in [7, 11) is 0. The van der Waals surface area contributed by atoms with Gasteiger partial charge in [0.25, 0.3) is 5.91 Å². The number of rotatable bonds is 4. The highest BCUT2D eigenvalue weighted by molar-refractivity contribution is 5.92. The number of hydrogen-bond donors (Lipinski definition) is 2. The van der Waals surface area contributed by atoms with E-state index in [0.717, 1.165) is 25.7 Å². The molecule has 2 N–H and O–H groups in total. The molecule has 0 unspecified atom stereocenters. The van der Waals surface area contributed by atoms with E-state index in [-0.39, 0.29) is 24.0 Å².